The maximum atomic E-state index is 9.94. The van der Waals surface area contributed by atoms with Crippen LogP contribution in [0, 0.1) is 0 Å². The van der Waals surface area contributed by atoms with Gasteiger partial charge >= 0.3 is 11.9 Å². The van der Waals surface area contributed by atoms with Gasteiger partial charge < -0.3 is 29.2 Å². The molecule has 0 radical (unpaired) electrons. The molecule has 0 aromatic rings. The minimum atomic E-state index is -0.956. The Balaban J connectivity index is 0. The van der Waals surface area contributed by atoms with Crippen molar-refractivity contribution in [3.05, 3.63) is 0 Å². The summed E-state index contributed by atoms with van der Waals surface area (Å²) < 4.78 is 18.8. The first-order chi connectivity index (χ1) is 8.93. The quantitative estimate of drug-likeness (QED) is 0.532. The van der Waals surface area contributed by atoms with Crippen molar-refractivity contribution < 1.29 is 38.7 Å². The molecule has 19 heavy (non-hydrogen) atoms. The van der Waals surface area contributed by atoms with E-state index in [0.717, 1.165) is 0 Å². The van der Waals surface area contributed by atoms with Crippen LogP contribution in [0.5, 0.6) is 0 Å². The zero-order valence-corrected chi connectivity index (χ0v) is 11.5. The van der Waals surface area contributed by atoms with Gasteiger partial charge in [-0.15, -0.1) is 0 Å². The molecular formula is C11H22O8. The molecule has 0 aliphatic rings. The van der Waals surface area contributed by atoms with E-state index in [1.54, 1.807) is 14.0 Å². The highest BCUT2D eigenvalue weighted by Crippen LogP contribution is 1.89. The van der Waals surface area contributed by atoms with Gasteiger partial charge in [0.05, 0.1) is 25.9 Å². The molecule has 2 N–H and O–H groups in total. The van der Waals surface area contributed by atoms with Crippen molar-refractivity contribution >= 4 is 11.9 Å². The average molecular weight is 282 g/mol. The van der Waals surface area contributed by atoms with E-state index in [1.807, 2.05) is 0 Å². The van der Waals surface area contributed by atoms with Gasteiger partial charge in [0.1, 0.15) is 13.2 Å². The largest absolute Gasteiger partial charge is 0.480 e. The molecule has 1 unspecified atom stereocenters. The molecule has 0 aromatic carbocycles. The van der Waals surface area contributed by atoms with Crippen molar-refractivity contribution in [2.45, 2.75) is 13.0 Å². The number of carboxylic acids is 2. The highest BCUT2D eigenvalue weighted by atomic mass is 16.5. The Morgan fingerprint density at radius 1 is 1.00 bits per heavy atom. The topological polar surface area (TPSA) is 112 Å². The van der Waals surface area contributed by atoms with Crippen molar-refractivity contribution in [1.82, 2.24) is 0 Å². The van der Waals surface area contributed by atoms with E-state index in [0.29, 0.717) is 19.8 Å². The van der Waals surface area contributed by atoms with Crippen LogP contribution in [0.1, 0.15) is 6.92 Å². The van der Waals surface area contributed by atoms with Crippen LogP contribution < -0.4 is 0 Å². The second-order valence-corrected chi connectivity index (χ2v) is 3.41. The SMILES string of the molecule is COCC(C)OCC(=O)O.COCCOCC(=O)O. The first-order valence-electron chi connectivity index (χ1n) is 5.54. The summed E-state index contributed by atoms with van der Waals surface area (Å²) in [6, 6.07) is 0. The molecule has 0 fully saturated rings. The predicted octanol–water partition coefficient (Wildman–Crippen LogP) is -0.143. The first-order valence-corrected chi connectivity index (χ1v) is 5.54. The molecular weight excluding hydrogens is 260 g/mol. The summed E-state index contributed by atoms with van der Waals surface area (Å²) >= 11 is 0. The van der Waals surface area contributed by atoms with Crippen LogP contribution in [0.25, 0.3) is 0 Å². The van der Waals surface area contributed by atoms with E-state index in [1.165, 1.54) is 7.11 Å². The third-order valence-corrected chi connectivity index (χ3v) is 1.55. The Hall–Kier alpha value is -1.22. The molecule has 0 saturated heterocycles. The summed E-state index contributed by atoms with van der Waals surface area (Å²) in [5.41, 5.74) is 0. The summed E-state index contributed by atoms with van der Waals surface area (Å²) in [6.07, 6.45) is -0.152. The van der Waals surface area contributed by atoms with E-state index in [-0.39, 0.29) is 19.3 Å². The van der Waals surface area contributed by atoms with Crippen molar-refractivity contribution in [2.75, 3.05) is 47.3 Å². The van der Waals surface area contributed by atoms with Crippen LogP contribution >= 0.6 is 0 Å². The van der Waals surface area contributed by atoms with Crippen LogP contribution in [0.4, 0.5) is 0 Å². The number of carbonyl (C=O) groups is 2. The zero-order valence-electron chi connectivity index (χ0n) is 11.5. The maximum absolute atomic E-state index is 9.94. The van der Waals surface area contributed by atoms with E-state index in [4.69, 9.17) is 19.7 Å². The molecule has 0 saturated carbocycles. The molecule has 1 atom stereocenters. The molecule has 0 bridgehead atoms. The molecule has 0 rings (SSSR count). The van der Waals surface area contributed by atoms with Gasteiger partial charge in [-0.2, -0.15) is 0 Å². The fraction of sp³-hybridized carbons (Fsp3) is 0.818. The minimum absolute atomic E-state index is 0.152. The fourth-order valence-electron chi connectivity index (χ4n) is 0.798. The Labute approximate surface area is 112 Å². The third-order valence-electron chi connectivity index (χ3n) is 1.55. The average Bonchev–Trinajstić information content (AvgIpc) is 2.33. The van der Waals surface area contributed by atoms with Crippen LogP contribution in [0.15, 0.2) is 0 Å². The number of hydrogen-bond donors (Lipinski definition) is 2. The van der Waals surface area contributed by atoms with Crippen LogP contribution in [-0.4, -0.2) is 75.5 Å². The fourth-order valence-corrected chi connectivity index (χ4v) is 0.798. The molecule has 0 aromatic heterocycles. The predicted molar refractivity (Wildman–Crippen MR) is 65.3 cm³/mol. The highest BCUT2D eigenvalue weighted by molar-refractivity contribution is 5.68. The zero-order chi connectivity index (χ0) is 15.1. The lowest BCUT2D eigenvalue weighted by atomic mass is 10.4. The Morgan fingerprint density at radius 3 is 2.00 bits per heavy atom. The summed E-state index contributed by atoms with van der Waals surface area (Å²) in [4.78, 5) is 19.7. The number of carboxylic acid groups (broad SMARTS) is 2. The van der Waals surface area contributed by atoms with Gasteiger partial charge in [0.25, 0.3) is 0 Å². The maximum Gasteiger partial charge on any atom is 0.329 e. The summed E-state index contributed by atoms with van der Waals surface area (Å²) in [6.45, 7) is 2.45. The van der Waals surface area contributed by atoms with Crippen LogP contribution in [-0.2, 0) is 28.5 Å². The molecule has 0 spiro atoms. The molecule has 0 aliphatic heterocycles. The first kappa shape index (κ1) is 20.1. The second-order valence-electron chi connectivity index (χ2n) is 3.41. The van der Waals surface area contributed by atoms with Crippen molar-refractivity contribution in [3.63, 3.8) is 0 Å². The molecule has 8 heteroatoms. The van der Waals surface area contributed by atoms with Gasteiger partial charge in [0.15, 0.2) is 0 Å². The number of rotatable bonds is 10. The van der Waals surface area contributed by atoms with E-state index in [2.05, 4.69) is 9.47 Å². The van der Waals surface area contributed by atoms with E-state index >= 15 is 0 Å². The standard InChI is InChI=1S/C6H12O4.C5H10O4/c1-5(3-9-2)10-4-6(7)8;1-8-2-3-9-4-5(6)7/h5H,3-4H2,1-2H3,(H,7,8);2-4H2,1H3,(H,6,7). The molecule has 0 aliphatic carbocycles. The number of methoxy groups -OCH3 is 2. The smallest absolute Gasteiger partial charge is 0.329 e. The van der Waals surface area contributed by atoms with Gasteiger partial charge in [-0.1, -0.05) is 0 Å². The van der Waals surface area contributed by atoms with Gasteiger partial charge in [-0.05, 0) is 6.92 Å². The normalized spacial score (nSPS) is 11.3. The van der Waals surface area contributed by atoms with E-state index < -0.39 is 11.9 Å². The van der Waals surface area contributed by atoms with Gasteiger partial charge in [0.2, 0.25) is 0 Å². The lowest BCUT2D eigenvalue weighted by Crippen LogP contribution is -2.19. The van der Waals surface area contributed by atoms with Crippen molar-refractivity contribution in [1.29, 1.82) is 0 Å². The van der Waals surface area contributed by atoms with Crippen LogP contribution in [0.2, 0.25) is 0 Å². The molecule has 0 heterocycles. The third kappa shape index (κ3) is 22.4. The Morgan fingerprint density at radius 2 is 1.58 bits per heavy atom. The number of hydrogen-bond acceptors (Lipinski definition) is 6. The van der Waals surface area contributed by atoms with E-state index in [9.17, 15) is 9.59 Å². The number of aliphatic carboxylic acids is 2. The molecule has 0 amide bonds. The molecule has 114 valence electrons. The molecule has 8 nitrogen and oxygen atoms in total. The summed E-state index contributed by atoms with van der Waals surface area (Å²) in [5, 5.41) is 16.2. The van der Waals surface area contributed by atoms with Gasteiger partial charge in [0, 0.05) is 14.2 Å². The lowest BCUT2D eigenvalue weighted by Gasteiger charge is -2.08. The summed E-state index contributed by atoms with van der Waals surface area (Å²) in [7, 11) is 3.07. The van der Waals surface area contributed by atoms with Gasteiger partial charge in [-0.3, -0.25) is 0 Å². The Kier molecular flexibility index (Phi) is 15.7. The van der Waals surface area contributed by atoms with Crippen molar-refractivity contribution in [3.8, 4) is 0 Å². The second kappa shape index (κ2) is 14.8. The lowest BCUT2D eigenvalue weighted by molar-refractivity contribution is -0.145. The monoisotopic (exact) mass is 282 g/mol. The summed E-state index contributed by atoms with van der Waals surface area (Å²) in [5.74, 6) is -1.91. The minimum Gasteiger partial charge on any atom is -0.480 e. The number of ether oxygens (including phenoxy) is 4. The Bertz CT molecular complexity index is 231. The van der Waals surface area contributed by atoms with Crippen LogP contribution in [0.3, 0.4) is 0 Å². The van der Waals surface area contributed by atoms with Crippen molar-refractivity contribution in [2.24, 2.45) is 0 Å². The van der Waals surface area contributed by atoms with Gasteiger partial charge in [-0.25, -0.2) is 9.59 Å². The highest BCUT2D eigenvalue weighted by Gasteiger charge is 2.03.